The van der Waals surface area contributed by atoms with Crippen LogP contribution in [0.25, 0.3) is 0 Å². The molecule has 0 spiro atoms. The summed E-state index contributed by atoms with van der Waals surface area (Å²) in [4.78, 5) is 24.8. The van der Waals surface area contributed by atoms with Gasteiger partial charge in [0.15, 0.2) is 0 Å². The molecule has 0 aromatic heterocycles. The zero-order valence-corrected chi connectivity index (χ0v) is 11.7. The summed E-state index contributed by atoms with van der Waals surface area (Å²) in [5, 5.41) is 11.9. The minimum Gasteiger partial charge on any atom is -0.478 e. The van der Waals surface area contributed by atoms with Crippen LogP contribution < -0.4 is 10.2 Å². The van der Waals surface area contributed by atoms with Crippen molar-refractivity contribution in [1.82, 2.24) is 5.32 Å². The molecule has 2 amide bonds. The Bertz CT molecular complexity index is 514. The molecule has 0 fully saturated rings. The van der Waals surface area contributed by atoms with E-state index in [1.54, 1.807) is 23.1 Å². The molecule has 0 saturated carbocycles. The Morgan fingerprint density at radius 1 is 1.40 bits per heavy atom. The maximum absolute atomic E-state index is 12.2. The highest BCUT2D eigenvalue weighted by molar-refractivity contribution is 5.95. The van der Waals surface area contributed by atoms with E-state index in [1.165, 1.54) is 0 Å². The largest absolute Gasteiger partial charge is 0.478 e. The number of carbonyl (C=O) groups excluding carboxylic acids is 1. The molecule has 5 heteroatoms. The molecule has 1 heterocycles. The molecule has 0 radical (unpaired) electrons. The molecular formula is C15H20N2O3. The summed E-state index contributed by atoms with van der Waals surface area (Å²) in [6.07, 6.45) is 3.68. The van der Waals surface area contributed by atoms with Gasteiger partial charge in [0.2, 0.25) is 0 Å². The number of benzene rings is 1. The minimum atomic E-state index is -0.933. The maximum Gasteiger partial charge on any atom is 0.335 e. The van der Waals surface area contributed by atoms with Crippen molar-refractivity contribution in [3.05, 3.63) is 29.3 Å². The second kappa shape index (κ2) is 6.41. The summed E-state index contributed by atoms with van der Waals surface area (Å²) in [6, 6.07) is 4.86. The standard InChI is InChI=1S/C15H20N2O3/c1-2-3-8-16-15(20)17-9-4-5-11-10-12(14(18)19)6-7-13(11)17/h6-7,10H,2-5,8-9H2,1H3,(H,16,20)(H,18,19). The lowest BCUT2D eigenvalue weighted by molar-refractivity contribution is 0.0696. The highest BCUT2D eigenvalue weighted by Gasteiger charge is 2.23. The number of hydrogen-bond acceptors (Lipinski definition) is 2. The van der Waals surface area contributed by atoms with Crippen molar-refractivity contribution < 1.29 is 14.7 Å². The SMILES string of the molecule is CCCCNC(=O)N1CCCc2cc(C(=O)O)ccc21. The molecule has 20 heavy (non-hydrogen) atoms. The molecule has 2 rings (SSSR count). The van der Waals surface area contributed by atoms with Crippen LogP contribution in [0.4, 0.5) is 10.5 Å². The van der Waals surface area contributed by atoms with E-state index in [0.29, 0.717) is 13.1 Å². The number of carboxylic acid groups (broad SMARTS) is 1. The van der Waals surface area contributed by atoms with Crippen LogP contribution >= 0.6 is 0 Å². The van der Waals surface area contributed by atoms with E-state index in [1.807, 2.05) is 0 Å². The lowest BCUT2D eigenvalue weighted by atomic mass is 9.99. The first-order chi connectivity index (χ1) is 9.63. The second-order valence-electron chi connectivity index (χ2n) is 4.99. The quantitative estimate of drug-likeness (QED) is 0.831. The molecule has 1 aromatic carbocycles. The summed E-state index contributed by atoms with van der Waals surface area (Å²) in [5.74, 6) is -0.933. The van der Waals surface area contributed by atoms with Crippen molar-refractivity contribution in [3.63, 3.8) is 0 Å². The smallest absolute Gasteiger partial charge is 0.335 e. The Morgan fingerprint density at radius 3 is 2.90 bits per heavy atom. The first-order valence-electron chi connectivity index (χ1n) is 7.05. The molecule has 2 N–H and O–H groups in total. The van der Waals surface area contributed by atoms with E-state index in [4.69, 9.17) is 5.11 Å². The van der Waals surface area contributed by atoms with Gasteiger partial charge in [-0.05, 0) is 43.0 Å². The van der Waals surface area contributed by atoms with Crippen molar-refractivity contribution in [3.8, 4) is 0 Å². The van der Waals surface area contributed by atoms with Gasteiger partial charge in [-0.1, -0.05) is 13.3 Å². The van der Waals surface area contributed by atoms with Crippen molar-refractivity contribution in [1.29, 1.82) is 0 Å². The Kier molecular flexibility index (Phi) is 4.61. The molecule has 0 aliphatic carbocycles. The summed E-state index contributed by atoms with van der Waals surface area (Å²) < 4.78 is 0. The van der Waals surface area contributed by atoms with Gasteiger partial charge >= 0.3 is 12.0 Å². The van der Waals surface area contributed by atoms with Crippen LogP contribution in [-0.4, -0.2) is 30.2 Å². The Hall–Kier alpha value is -2.04. The summed E-state index contributed by atoms with van der Waals surface area (Å²) in [7, 11) is 0. The Morgan fingerprint density at radius 2 is 2.20 bits per heavy atom. The normalized spacial score (nSPS) is 13.8. The first kappa shape index (κ1) is 14.4. The third-order valence-electron chi connectivity index (χ3n) is 3.50. The molecule has 0 atom stereocenters. The van der Waals surface area contributed by atoms with E-state index in [0.717, 1.165) is 36.9 Å². The monoisotopic (exact) mass is 276 g/mol. The molecule has 0 unspecified atom stereocenters. The van der Waals surface area contributed by atoms with Gasteiger partial charge in [-0.3, -0.25) is 4.90 Å². The number of aromatic carboxylic acids is 1. The minimum absolute atomic E-state index is 0.0949. The molecule has 0 saturated heterocycles. The average molecular weight is 276 g/mol. The first-order valence-corrected chi connectivity index (χ1v) is 7.05. The number of carboxylic acids is 1. The second-order valence-corrected chi connectivity index (χ2v) is 4.99. The zero-order chi connectivity index (χ0) is 14.5. The van der Waals surface area contributed by atoms with Crippen LogP contribution in [0.1, 0.15) is 42.1 Å². The highest BCUT2D eigenvalue weighted by atomic mass is 16.4. The molecule has 108 valence electrons. The number of carbonyl (C=O) groups is 2. The predicted octanol–water partition coefficient (Wildman–Crippen LogP) is 2.65. The average Bonchev–Trinajstić information content (AvgIpc) is 2.46. The van der Waals surface area contributed by atoms with E-state index in [9.17, 15) is 9.59 Å². The lowest BCUT2D eigenvalue weighted by Crippen LogP contribution is -2.43. The van der Waals surface area contributed by atoms with E-state index < -0.39 is 5.97 Å². The number of aryl methyl sites for hydroxylation is 1. The van der Waals surface area contributed by atoms with Gasteiger partial charge in [0.05, 0.1) is 5.56 Å². The van der Waals surface area contributed by atoms with E-state index in [2.05, 4.69) is 12.2 Å². The summed E-state index contributed by atoms with van der Waals surface area (Å²) in [5.41, 5.74) is 2.04. The van der Waals surface area contributed by atoms with Gasteiger partial charge in [0.1, 0.15) is 0 Å². The number of nitrogens with zero attached hydrogens (tertiary/aromatic N) is 1. The summed E-state index contributed by atoms with van der Waals surface area (Å²) >= 11 is 0. The zero-order valence-electron chi connectivity index (χ0n) is 11.7. The van der Waals surface area contributed by atoms with Crippen molar-refractivity contribution in [2.75, 3.05) is 18.0 Å². The fraction of sp³-hybridized carbons (Fsp3) is 0.467. The topological polar surface area (TPSA) is 69.6 Å². The molecule has 0 bridgehead atoms. The molecule has 5 nitrogen and oxygen atoms in total. The van der Waals surface area contributed by atoms with E-state index >= 15 is 0 Å². The van der Waals surface area contributed by atoms with E-state index in [-0.39, 0.29) is 11.6 Å². The lowest BCUT2D eigenvalue weighted by Gasteiger charge is -2.29. The fourth-order valence-corrected chi connectivity index (χ4v) is 2.41. The number of urea groups is 1. The third-order valence-corrected chi connectivity index (χ3v) is 3.50. The number of hydrogen-bond donors (Lipinski definition) is 2. The molecule has 1 aromatic rings. The Labute approximate surface area is 118 Å². The molecule has 1 aliphatic rings. The van der Waals surface area contributed by atoms with Crippen LogP contribution in [0.3, 0.4) is 0 Å². The van der Waals surface area contributed by atoms with Gasteiger partial charge in [-0.2, -0.15) is 0 Å². The van der Waals surface area contributed by atoms with Crippen LogP contribution in [0.15, 0.2) is 18.2 Å². The van der Waals surface area contributed by atoms with Crippen molar-refractivity contribution in [2.45, 2.75) is 32.6 Å². The van der Waals surface area contributed by atoms with Crippen molar-refractivity contribution >= 4 is 17.7 Å². The van der Waals surface area contributed by atoms with Crippen LogP contribution in [0.2, 0.25) is 0 Å². The van der Waals surface area contributed by atoms with Crippen LogP contribution in [0, 0.1) is 0 Å². The number of fused-ring (bicyclic) bond motifs is 1. The number of amides is 2. The summed E-state index contributed by atoms with van der Waals surface area (Å²) in [6.45, 7) is 3.43. The number of nitrogens with one attached hydrogen (secondary N) is 1. The van der Waals surface area contributed by atoms with Crippen LogP contribution in [0.5, 0.6) is 0 Å². The van der Waals surface area contributed by atoms with Gasteiger partial charge in [-0.15, -0.1) is 0 Å². The van der Waals surface area contributed by atoms with Gasteiger partial charge in [0.25, 0.3) is 0 Å². The number of unbranched alkanes of at least 4 members (excludes halogenated alkanes) is 1. The molecule has 1 aliphatic heterocycles. The van der Waals surface area contributed by atoms with Crippen LogP contribution in [-0.2, 0) is 6.42 Å². The van der Waals surface area contributed by atoms with Gasteiger partial charge in [-0.25, -0.2) is 9.59 Å². The molecular weight excluding hydrogens is 256 g/mol. The predicted molar refractivity (Wildman–Crippen MR) is 77.4 cm³/mol. The fourth-order valence-electron chi connectivity index (χ4n) is 2.41. The van der Waals surface area contributed by atoms with Gasteiger partial charge in [0, 0.05) is 18.8 Å². The number of anilines is 1. The third kappa shape index (κ3) is 3.10. The van der Waals surface area contributed by atoms with Crippen molar-refractivity contribution in [2.24, 2.45) is 0 Å². The Balaban J connectivity index is 2.15. The maximum atomic E-state index is 12.2. The number of rotatable bonds is 4. The highest BCUT2D eigenvalue weighted by Crippen LogP contribution is 2.28. The van der Waals surface area contributed by atoms with Gasteiger partial charge < -0.3 is 10.4 Å².